The highest BCUT2D eigenvalue weighted by molar-refractivity contribution is 7.89. The van der Waals surface area contributed by atoms with Gasteiger partial charge in [-0.25, -0.2) is 8.42 Å². The van der Waals surface area contributed by atoms with E-state index >= 15 is 0 Å². The summed E-state index contributed by atoms with van der Waals surface area (Å²) >= 11 is 0. The Hall–Kier alpha value is -0.820. The van der Waals surface area contributed by atoms with Crippen molar-refractivity contribution in [3.05, 3.63) is 23.8 Å². The highest BCUT2D eigenvalue weighted by Gasteiger charge is 2.35. The Labute approximate surface area is 133 Å². The van der Waals surface area contributed by atoms with Crippen molar-refractivity contribution in [2.75, 3.05) is 27.2 Å². The van der Waals surface area contributed by atoms with Gasteiger partial charge in [-0.15, -0.1) is 12.4 Å². The van der Waals surface area contributed by atoms with Gasteiger partial charge in [0.25, 0.3) is 0 Å². The topological polar surface area (TPSA) is 58.6 Å². The third-order valence-electron chi connectivity index (χ3n) is 3.73. The number of benzene rings is 1. The number of nitrogens with one attached hydrogen (secondary N) is 1. The lowest BCUT2D eigenvalue weighted by atomic mass is 10.2. The summed E-state index contributed by atoms with van der Waals surface area (Å²) in [6.07, 6.45) is 1.83. The van der Waals surface area contributed by atoms with Crippen molar-refractivity contribution in [2.45, 2.75) is 30.7 Å². The maximum absolute atomic E-state index is 12.8. The molecule has 21 heavy (non-hydrogen) atoms. The van der Waals surface area contributed by atoms with E-state index in [2.05, 4.69) is 5.32 Å². The molecule has 7 heteroatoms. The van der Waals surface area contributed by atoms with Crippen LogP contribution in [0.15, 0.2) is 23.1 Å². The number of hydrogen-bond donors (Lipinski definition) is 1. The van der Waals surface area contributed by atoms with Gasteiger partial charge < -0.3 is 10.1 Å². The first-order valence-corrected chi connectivity index (χ1v) is 8.25. The largest absolute Gasteiger partial charge is 0.497 e. The molecule has 1 aromatic rings. The van der Waals surface area contributed by atoms with Gasteiger partial charge in [0.1, 0.15) is 5.75 Å². The minimum absolute atomic E-state index is 0. The summed E-state index contributed by atoms with van der Waals surface area (Å²) in [5, 5.41) is 3.07. The van der Waals surface area contributed by atoms with Crippen molar-refractivity contribution in [3.63, 3.8) is 0 Å². The van der Waals surface area contributed by atoms with Crippen LogP contribution in [0.4, 0.5) is 0 Å². The monoisotopic (exact) mass is 334 g/mol. The molecule has 0 aromatic heterocycles. The van der Waals surface area contributed by atoms with Gasteiger partial charge in [-0.2, -0.15) is 4.31 Å². The Morgan fingerprint density at radius 3 is 2.71 bits per heavy atom. The zero-order chi connectivity index (χ0) is 14.8. The molecule has 1 aliphatic rings. The molecular weight excluding hydrogens is 312 g/mol. The van der Waals surface area contributed by atoms with Gasteiger partial charge in [-0.1, -0.05) is 0 Å². The summed E-state index contributed by atoms with van der Waals surface area (Å²) in [7, 11) is -0.00322. The smallest absolute Gasteiger partial charge is 0.243 e. The van der Waals surface area contributed by atoms with Gasteiger partial charge in [0.15, 0.2) is 0 Å². The molecule has 1 N–H and O–H groups in total. The number of sulfonamides is 1. The second kappa shape index (κ2) is 7.45. The molecule has 1 atom stereocenters. The van der Waals surface area contributed by atoms with Gasteiger partial charge in [0.2, 0.25) is 10.0 Å². The van der Waals surface area contributed by atoms with E-state index in [4.69, 9.17) is 4.74 Å². The van der Waals surface area contributed by atoms with E-state index in [1.54, 1.807) is 36.5 Å². The molecule has 1 aliphatic heterocycles. The van der Waals surface area contributed by atoms with E-state index in [1.165, 1.54) is 0 Å². The average Bonchev–Trinajstić information content (AvgIpc) is 2.87. The molecule has 2 rings (SSSR count). The SMILES string of the molecule is CNCC1CCCN1S(=O)(=O)c1ccc(OC)cc1C.Cl. The molecule has 0 bridgehead atoms. The van der Waals surface area contributed by atoms with Crippen molar-refractivity contribution >= 4 is 22.4 Å². The first-order chi connectivity index (χ1) is 9.50. The van der Waals surface area contributed by atoms with Crippen LogP contribution in [0.5, 0.6) is 5.75 Å². The number of rotatable bonds is 5. The van der Waals surface area contributed by atoms with E-state index in [0.29, 0.717) is 23.7 Å². The van der Waals surface area contributed by atoms with Crippen molar-refractivity contribution in [1.29, 1.82) is 0 Å². The number of halogens is 1. The Morgan fingerprint density at radius 2 is 2.14 bits per heavy atom. The third kappa shape index (κ3) is 3.69. The molecule has 0 spiro atoms. The summed E-state index contributed by atoms with van der Waals surface area (Å²) in [4.78, 5) is 0.376. The summed E-state index contributed by atoms with van der Waals surface area (Å²) in [5.41, 5.74) is 0.722. The van der Waals surface area contributed by atoms with Gasteiger partial charge in [0, 0.05) is 19.1 Å². The molecule has 0 aliphatic carbocycles. The molecule has 1 saturated heterocycles. The van der Waals surface area contributed by atoms with Gasteiger partial charge in [-0.3, -0.25) is 0 Å². The number of aryl methyl sites for hydroxylation is 1. The maximum atomic E-state index is 12.8. The Morgan fingerprint density at radius 1 is 1.43 bits per heavy atom. The average molecular weight is 335 g/mol. The highest BCUT2D eigenvalue weighted by atomic mass is 35.5. The minimum Gasteiger partial charge on any atom is -0.497 e. The molecule has 1 fully saturated rings. The van der Waals surface area contributed by atoms with Crippen LogP contribution in [0.25, 0.3) is 0 Å². The molecule has 0 radical (unpaired) electrons. The fraction of sp³-hybridized carbons (Fsp3) is 0.571. The lowest BCUT2D eigenvalue weighted by Crippen LogP contribution is -2.40. The second-order valence-electron chi connectivity index (χ2n) is 5.10. The lowest BCUT2D eigenvalue weighted by molar-refractivity contribution is 0.378. The third-order valence-corrected chi connectivity index (χ3v) is 5.84. The van der Waals surface area contributed by atoms with Crippen molar-refractivity contribution < 1.29 is 13.2 Å². The van der Waals surface area contributed by atoms with Crippen LogP contribution in [-0.4, -0.2) is 46.0 Å². The molecule has 1 heterocycles. The predicted molar refractivity (Wildman–Crippen MR) is 85.8 cm³/mol. The maximum Gasteiger partial charge on any atom is 0.243 e. The van der Waals surface area contributed by atoms with Crippen LogP contribution in [0.1, 0.15) is 18.4 Å². The predicted octanol–water partition coefficient (Wildman–Crippen LogP) is 1.80. The zero-order valence-electron chi connectivity index (χ0n) is 12.6. The molecule has 0 saturated carbocycles. The van der Waals surface area contributed by atoms with Crippen molar-refractivity contribution in [3.8, 4) is 5.75 Å². The van der Waals surface area contributed by atoms with Gasteiger partial charge in [0.05, 0.1) is 12.0 Å². The van der Waals surface area contributed by atoms with E-state index < -0.39 is 10.0 Å². The van der Waals surface area contributed by atoms with E-state index in [1.807, 2.05) is 7.05 Å². The standard InChI is InChI=1S/C14H22N2O3S.ClH/c1-11-9-13(19-3)6-7-14(11)20(17,18)16-8-4-5-12(16)10-15-2;/h6-7,9,12,15H,4-5,8,10H2,1-3H3;1H. The molecule has 1 aromatic carbocycles. The Balaban J connectivity index is 0.00000220. The summed E-state index contributed by atoms with van der Waals surface area (Å²) in [6.45, 7) is 3.09. The fourth-order valence-electron chi connectivity index (χ4n) is 2.73. The number of likely N-dealkylation sites (N-methyl/N-ethyl adjacent to an activating group) is 1. The first kappa shape index (κ1) is 18.2. The van der Waals surface area contributed by atoms with Crippen molar-refractivity contribution in [2.24, 2.45) is 0 Å². The number of nitrogens with zero attached hydrogens (tertiary/aromatic N) is 1. The fourth-order valence-corrected chi connectivity index (χ4v) is 4.63. The summed E-state index contributed by atoms with van der Waals surface area (Å²) in [6, 6.07) is 5.14. The van der Waals surface area contributed by atoms with Crippen LogP contribution in [-0.2, 0) is 10.0 Å². The summed E-state index contributed by atoms with van der Waals surface area (Å²) < 4.78 is 32.3. The van der Waals surface area contributed by atoms with Crippen LogP contribution in [0.3, 0.4) is 0 Å². The van der Waals surface area contributed by atoms with E-state index in [0.717, 1.165) is 18.4 Å². The van der Waals surface area contributed by atoms with Gasteiger partial charge >= 0.3 is 0 Å². The molecule has 120 valence electrons. The first-order valence-electron chi connectivity index (χ1n) is 6.81. The normalized spacial score (nSPS) is 19.3. The van der Waals surface area contributed by atoms with Crippen LogP contribution in [0, 0.1) is 6.92 Å². The quantitative estimate of drug-likeness (QED) is 0.892. The number of hydrogen-bond acceptors (Lipinski definition) is 4. The summed E-state index contributed by atoms with van der Waals surface area (Å²) in [5.74, 6) is 0.676. The number of methoxy groups -OCH3 is 1. The van der Waals surface area contributed by atoms with Crippen LogP contribution in [0.2, 0.25) is 0 Å². The highest BCUT2D eigenvalue weighted by Crippen LogP contribution is 2.29. The lowest BCUT2D eigenvalue weighted by Gasteiger charge is -2.24. The van der Waals surface area contributed by atoms with E-state index in [9.17, 15) is 8.42 Å². The van der Waals surface area contributed by atoms with Crippen molar-refractivity contribution in [1.82, 2.24) is 9.62 Å². The molecule has 0 amide bonds. The molecule has 1 unspecified atom stereocenters. The van der Waals surface area contributed by atoms with E-state index in [-0.39, 0.29) is 18.4 Å². The number of ether oxygens (including phenoxy) is 1. The molecule has 5 nitrogen and oxygen atoms in total. The second-order valence-corrected chi connectivity index (χ2v) is 6.96. The van der Waals surface area contributed by atoms with Gasteiger partial charge in [-0.05, 0) is 50.6 Å². The molecular formula is C14H23ClN2O3S. The van der Waals surface area contributed by atoms with Crippen LogP contribution < -0.4 is 10.1 Å². The van der Waals surface area contributed by atoms with Crippen LogP contribution >= 0.6 is 12.4 Å². The Bertz CT molecular complexity index is 578. The zero-order valence-corrected chi connectivity index (χ0v) is 14.3. The Kier molecular flexibility index (Phi) is 6.46. The minimum atomic E-state index is -3.43.